The molecule has 2 nitrogen and oxygen atoms in total. The molecule has 168 valence electrons. The van der Waals surface area contributed by atoms with Crippen molar-refractivity contribution in [3.05, 3.63) is 0 Å². The van der Waals surface area contributed by atoms with Gasteiger partial charge in [-0.05, 0) is 13.8 Å². The Bertz CT molecular complexity index is 201. The Morgan fingerprint density at radius 2 is 0.704 bits per heavy atom. The van der Waals surface area contributed by atoms with Crippen molar-refractivity contribution in [1.29, 1.82) is 0 Å². The average Bonchev–Trinajstić information content (AvgIpc) is 2.64. The van der Waals surface area contributed by atoms with Crippen LogP contribution in [-0.4, -0.2) is 19.4 Å². The standard InChI is InChI=1S/C20H44B.C4H10O.H3N/c1-5-9-13-17-21(18-14-10-6-2,19-15-11-7-3)20-16-12-8-4;1-3-5-4-2;/h5-20H2,1-4H3;3-4H2,1-2H3;1H3/q-1;;/p+1. The van der Waals surface area contributed by atoms with Crippen LogP contribution < -0.4 is 6.15 Å². The molecule has 0 aliphatic rings. The first-order valence-electron chi connectivity index (χ1n) is 12.5. The van der Waals surface area contributed by atoms with Gasteiger partial charge in [-0.15, -0.1) is 0 Å². The molecule has 0 unspecified atom stereocenters. The van der Waals surface area contributed by atoms with Gasteiger partial charge in [-0.25, -0.2) is 0 Å². The third kappa shape index (κ3) is 22.1. The predicted octanol–water partition coefficient (Wildman–Crippen LogP) is 9.62. The van der Waals surface area contributed by atoms with Gasteiger partial charge in [0.15, 0.2) is 0 Å². The molecule has 0 bridgehead atoms. The van der Waals surface area contributed by atoms with Crippen molar-refractivity contribution >= 4 is 6.15 Å². The van der Waals surface area contributed by atoms with Gasteiger partial charge in [0.25, 0.3) is 0 Å². The lowest BCUT2D eigenvalue weighted by molar-refractivity contribution is 0.162. The van der Waals surface area contributed by atoms with Crippen LogP contribution in [0.25, 0.3) is 0 Å². The summed E-state index contributed by atoms with van der Waals surface area (Å²) in [5.41, 5.74) is 0. The van der Waals surface area contributed by atoms with Crippen molar-refractivity contribution < 1.29 is 4.74 Å². The fraction of sp³-hybridized carbons (Fsp3) is 1.00. The smallest absolute Gasteiger partial charge is 0.0437 e. The van der Waals surface area contributed by atoms with E-state index < -0.39 is 0 Å². The van der Waals surface area contributed by atoms with Crippen LogP contribution in [-0.2, 0) is 4.74 Å². The van der Waals surface area contributed by atoms with E-state index in [1.165, 1.54) is 77.0 Å². The molecule has 0 saturated carbocycles. The number of quaternary nitrogens is 1. The molecule has 0 aromatic heterocycles. The molecule has 0 fully saturated rings. The minimum absolute atomic E-state index is 0. The van der Waals surface area contributed by atoms with Crippen LogP contribution in [0.4, 0.5) is 0 Å². The molecule has 0 atom stereocenters. The zero-order valence-corrected chi connectivity index (χ0v) is 20.7. The molecule has 3 heteroatoms. The van der Waals surface area contributed by atoms with Gasteiger partial charge in [-0.3, -0.25) is 0 Å². The van der Waals surface area contributed by atoms with Gasteiger partial charge < -0.3 is 10.9 Å². The van der Waals surface area contributed by atoms with Crippen LogP contribution in [0.5, 0.6) is 0 Å². The first-order valence-corrected chi connectivity index (χ1v) is 12.5. The summed E-state index contributed by atoms with van der Waals surface area (Å²) in [5.74, 6) is 0. The van der Waals surface area contributed by atoms with Gasteiger partial charge in [0.1, 0.15) is 0 Å². The Hall–Kier alpha value is -0.0151. The fourth-order valence-electron chi connectivity index (χ4n) is 4.38. The summed E-state index contributed by atoms with van der Waals surface area (Å²) >= 11 is 0. The zero-order valence-electron chi connectivity index (χ0n) is 20.7. The van der Waals surface area contributed by atoms with Gasteiger partial charge in [-0.2, -0.15) is 25.3 Å². The number of ether oxygens (including phenoxy) is 1. The quantitative estimate of drug-likeness (QED) is 0.185. The molecule has 27 heavy (non-hydrogen) atoms. The monoisotopic (exact) mass is 387 g/mol. The minimum atomic E-state index is -0.0383. The van der Waals surface area contributed by atoms with E-state index in [2.05, 4.69) is 27.7 Å². The fourth-order valence-corrected chi connectivity index (χ4v) is 4.38. The van der Waals surface area contributed by atoms with E-state index in [0.29, 0.717) is 0 Å². The van der Waals surface area contributed by atoms with Crippen molar-refractivity contribution in [3.63, 3.8) is 0 Å². The Morgan fingerprint density at radius 3 is 0.852 bits per heavy atom. The lowest BCUT2D eigenvalue weighted by Gasteiger charge is -2.40. The summed E-state index contributed by atoms with van der Waals surface area (Å²) in [5, 5.41) is 0. The second-order valence-electron chi connectivity index (χ2n) is 8.50. The largest absolute Gasteiger partial charge is 0.382 e. The second-order valence-corrected chi connectivity index (χ2v) is 8.50. The number of rotatable bonds is 18. The molecule has 0 amide bonds. The van der Waals surface area contributed by atoms with Crippen molar-refractivity contribution in [2.24, 2.45) is 0 Å². The summed E-state index contributed by atoms with van der Waals surface area (Å²) in [4.78, 5) is 0. The summed E-state index contributed by atoms with van der Waals surface area (Å²) in [6.07, 6.45) is 23.6. The molecule has 0 heterocycles. The molecule has 0 saturated heterocycles. The number of hydrogen-bond acceptors (Lipinski definition) is 1. The molecule has 0 aliphatic carbocycles. The van der Waals surface area contributed by atoms with Gasteiger partial charge >= 0.3 is 0 Å². The van der Waals surface area contributed by atoms with Gasteiger partial charge in [0, 0.05) is 19.4 Å². The SMILES string of the molecule is CCCCC[B-](CCCCC)(CCCCC)CCCCC.CCOCC.[NH4+]. The van der Waals surface area contributed by atoms with Crippen LogP contribution in [0, 0.1) is 0 Å². The van der Waals surface area contributed by atoms with Gasteiger partial charge in [0.2, 0.25) is 0 Å². The summed E-state index contributed by atoms with van der Waals surface area (Å²) in [7, 11) is 0. The summed E-state index contributed by atoms with van der Waals surface area (Å²) < 4.78 is 4.83. The second kappa shape index (κ2) is 26.0. The van der Waals surface area contributed by atoms with E-state index in [0.717, 1.165) is 13.2 Å². The molecule has 0 radical (unpaired) electrons. The third-order valence-electron chi connectivity index (χ3n) is 6.09. The van der Waals surface area contributed by atoms with E-state index in [4.69, 9.17) is 4.74 Å². The lowest BCUT2D eigenvalue weighted by atomic mass is 9.17. The maximum absolute atomic E-state index is 4.83. The Morgan fingerprint density at radius 1 is 0.444 bits per heavy atom. The van der Waals surface area contributed by atoms with Crippen LogP contribution in [0.1, 0.15) is 119 Å². The Labute approximate surface area is 174 Å². The highest BCUT2D eigenvalue weighted by atomic mass is 16.5. The van der Waals surface area contributed by atoms with E-state index in [9.17, 15) is 0 Å². The third-order valence-corrected chi connectivity index (χ3v) is 6.09. The lowest BCUT2D eigenvalue weighted by Crippen LogP contribution is -2.33. The van der Waals surface area contributed by atoms with Crippen molar-refractivity contribution in [1.82, 2.24) is 6.15 Å². The van der Waals surface area contributed by atoms with Crippen LogP contribution in [0.3, 0.4) is 0 Å². The predicted molar refractivity (Wildman–Crippen MR) is 131 cm³/mol. The zero-order chi connectivity index (χ0) is 19.9. The first kappa shape index (κ1) is 31.7. The van der Waals surface area contributed by atoms with Crippen LogP contribution in [0.15, 0.2) is 0 Å². The summed E-state index contributed by atoms with van der Waals surface area (Å²) in [6, 6.07) is 0. The molecule has 4 N–H and O–H groups in total. The number of unbranched alkanes of at least 4 members (excludes halogenated alkanes) is 8. The highest BCUT2D eigenvalue weighted by Crippen LogP contribution is 2.34. The van der Waals surface area contributed by atoms with E-state index >= 15 is 0 Å². The van der Waals surface area contributed by atoms with Crippen LogP contribution in [0.2, 0.25) is 25.3 Å². The average molecular weight is 388 g/mol. The summed E-state index contributed by atoms with van der Waals surface area (Å²) in [6.45, 7) is 15.1. The highest BCUT2D eigenvalue weighted by Gasteiger charge is 2.22. The van der Waals surface area contributed by atoms with Crippen molar-refractivity contribution in [3.8, 4) is 0 Å². The molecule has 0 spiro atoms. The van der Waals surface area contributed by atoms with Gasteiger partial charge in [-0.1, -0.05) is 105 Å². The van der Waals surface area contributed by atoms with E-state index in [1.54, 1.807) is 25.3 Å². The first-order chi connectivity index (χ1) is 12.7. The maximum Gasteiger partial charge on any atom is 0.0437 e. The Balaban J connectivity index is -0.000000844. The molecule has 0 rings (SSSR count). The van der Waals surface area contributed by atoms with Crippen LogP contribution >= 0.6 is 0 Å². The molecule has 0 aliphatic heterocycles. The molecular weight excluding hydrogens is 329 g/mol. The highest BCUT2D eigenvalue weighted by molar-refractivity contribution is 6.79. The number of hydrogen-bond donors (Lipinski definition) is 1. The van der Waals surface area contributed by atoms with Gasteiger partial charge in [0.05, 0.1) is 0 Å². The molecule has 0 aromatic carbocycles. The normalized spacial score (nSPS) is 10.9. The minimum Gasteiger partial charge on any atom is -0.382 e. The molecule has 0 aromatic rings. The maximum atomic E-state index is 4.83. The van der Waals surface area contributed by atoms with E-state index in [1.807, 2.05) is 13.8 Å². The van der Waals surface area contributed by atoms with Crippen molar-refractivity contribution in [2.45, 2.75) is 144 Å². The Kier molecular flexibility index (Phi) is 30.5. The topological polar surface area (TPSA) is 45.7 Å². The van der Waals surface area contributed by atoms with Crippen molar-refractivity contribution in [2.75, 3.05) is 13.2 Å². The molecular formula is C24H58BNO. The van der Waals surface area contributed by atoms with E-state index in [-0.39, 0.29) is 12.3 Å².